The molecule has 4 aromatic rings. The van der Waals surface area contributed by atoms with Gasteiger partial charge in [-0.05, 0) is 60.2 Å². The summed E-state index contributed by atoms with van der Waals surface area (Å²) in [6.07, 6.45) is 0.0825. The number of fused-ring (bicyclic) bond motifs is 1. The summed E-state index contributed by atoms with van der Waals surface area (Å²) in [4.78, 5) is 17.6. The van der Waals surface area contributed by atoms with E-state index in [2.05, 4.69) is 41.4 Å². The summed E-state index contributed by atoms with van der Waals surface area (Å²) >= 11 is 0. The van der Waals surface area contributed by atoms with E-state index in [-0.39, 0.29) is 22.9 Å². The van der Waals surface area contributed by atoms with E-state index in [0.717, 1.165) is 16.5 Å². The molecule has 0 aliphatic rings. The largest absolute Gasteiger partial charge is 0.345 e. The Hall–Kier alpha value is -3.68. The number of rotatable bonds is 8. The maximum atomic E-state index is 13.8. The molecule has 2 aromatic heterocycles. The van der Waals surface area contributed by atoms with Gasteiger partial charge in [-0.1, -0.05) is 45.0 Å². The van der Waals surface area contributed by atoms with Crippen molar-refractivity contribution in [3.8, 4) is 11.3 Å². The summed E-state index contributed by atoms with van der Waals surface area (Å²) in [5, 5.41) is 7.00. The quantitative estimate of drug-likeness (QED) is 0.299. The molecule has 2 heterocycles. The van der Waals surface area contributed by atoms with E-state index in [0.29, 0.717) is 17.9 Å². The number of amides is 1. The lowest BCUT2D eigenvalue weighted by Gasteiger charge is -2.18. The summed E-state index contributed by atoms with van der Waals surface area (Å²) in [5.74, 6) is -0.458. The van der Waals surface area contributed by atoms with Gasteiger partial charge in [-0.15, -0.1) is 0 Å². The smallest absolute Gasteiger partial charge is 0.280 e. The molecule has 2 atom stereocenters. The predicted molar refractivity (Wildman–Crippen MR) is 129 cm³/mol. The summed E-state index contributed by atoms with van der Waals surface area (Å²) in [6.45, 7) is 6.27. The van der Waals surface area contributed by atoms with Gasteiger partial charge in [0, 0.05) is 5.56 Å². The minimum atomic E-state index is -2.84. The van der Waals surface area contributed by atoms with Crippen LogP contribution in [0.25, 0.3) is 16.9 Å². The highest BCUT2D eigenvalue weighted by molar-refractivity contribution is 6.00. The molecule has 0 bridgehead atoms. The van der Waals surface area contributed by atoms with Gasteiger partial charge in [0.2, 0.25) is 0 Å². The normalized spacial score (nSPS) is 13.2. The number of carbonyl (C=O) groups is 1. The molecule has 0 radical (unpaired) electrons. The Bertz CT molecular complexity index is 1320. The van der Waals surface area contributed by atoms with E-state index in [1.165, 1.54) is 42.1 Å². The molecule has 0 saturated heterocycles. The average molecular weight is 481 g/mol. The van der Waals surface area contributed by atoms with Gasteiger partial charge < -0.3 is 5.32 Å². The molecule has 1 N–H and O–H groups in total. The third-order valence-corrected chi connectivity index (χ3v) is 6.34. The Morgan fingerprint density at radius 1 is 1.00 bits per heavy atom. The number of aromatic nitrogens is 3. The number of nitrogens with one attached hydrogen (secondary N) is 1. The first-order valence-corrected chi connectivity index (χ1v) is 11.7. The summed E-state index contributed by atoms with van der Waals surface area (Å²) in [7, 11) is 0. The lowest BCUT2D eigenvalue weighted by molar-refractivity contribution is 0.0936. The van der Waals surface area contributed by atoms with Crippen LogP contribution in [0, 0.1) is 5.82 Å². The van der Waals surface area contributed by atoms with Gasteiger partial charge in [-0.2, -0.15) is 5.10 Å². The molecule has 35 heavy (non-hydrogen) atoms. The van der Waals surface area contributed by atoms with Gasteiger partial charge in [-0.3, -0.25) is 4.79 Å². The second-order valence-corrected chi connectivity index (χ2v) is 8.58. The molecule has 2 aromatic carbocycles. The van der Waals surface area contributed by atoms with Crippen molar-refractivity contribution < 1.29 is 18.0 Å². The zero-order valence-electron chi connectivity index (χ0n) is 19.8. The van der Waals surface area contributed by atoms with Crippen molar-refractivity contribution in [2.75, 3.05) is 0 Å². The van der Waals surface area contributed by atoms with E-state index < -0.39 is 23.8 Å². The highest BCUT2D eigenvalue weighted by Gasteiger charge is 2.23. The number of benzene rings is 2. The van der Waals surface area contributed by atoms with E-state index in [4.69, 9.17) is 0 Å². The van der Waals surface area contributed by atoms with Crippen LogP contribution in [0.15, 0.2) is 60.8 Å². The molecule has 4 rings (SSSR count). The monoisotopic (exact) mass is 480 g/mol. The Morgan fingerprint density at radius 2 is 1.66 bits per heavy atom. The number of halogens is 3. The van der Waals surface area contributed by atoms with Crippen molar-refractivity contribution in [1.29, 1.82) is 0 Å². The molecule has 0 fully saturated rings. The fourth-order valence-corrected chi connectivity index (χ4v) is 4.02. The molecule has 2 unspecified atom stereocenters. The van der Waals surface area contributed by atoms with Gasteiger partial charge in [0.05, 0.1) is 17.9 Å². The van der Waals surface area contributed by atoms with Crippen molar-refractivity contribution in [3.63, 3.8) is 0 Å². The van der Waals surface area contributed by atoms with Crippen molar-refractivity contribution in [3.05, 3.63) is 89.0 Å². The van der Waals surface area contributed by atoms with Crippen molar-refractivity contribution in [2.24, 2.45) is 0 Å². The Morgan fingerprint density at radius 3 is 2.26 bits per heavy atom. The topological polar surface area (TPSA) is 59.3 Å². The fraction of sp³-hybridized carbons (Fsp3) is 0.296. The molecule has 0 spiro atoms. The summed E-state index contributed by atoms with van der Waals surface area (Å²) < 4.78 is 42.0. The third-order valence-electron chi connectivity index (χ3n) is 6.34. The number of hydrogen-bond donors (Lipinski definition) is 1. The fourth-order valence-electron chi connectivity index (χ4n) is 4.02. The molecule has 5 nitrogen and oxygen atoms in total. The second-order valence-electron chi connectivity index (χ2n) is 8.58. The van der Waals surface area contributed by atoms with Crippen LogP contribution in [0.3, 0.4) is 0 Å². The molecule has 0 saturated carbocycles. The average Bonchev–Trinajstić information content (AvgIpc) is 3.30. The molecule has 182 valence electrons. The molecule has 0 aliphatic heterocycles. The molecule has 1 amide bonds. The van der Waals surface area contributed by atoms with Gasteiger partial charge in [-0.25, -0.2) is 22.7 Å². The molecule has 8 heteroatoms. The van der Waals surface area contributed by atoms with Crippen LogP contribution >= 0.6 is 0 Å². The maximum Gasteiger partial charge on any atom is 0.280 e. The highest BCUT2D eigenvalue weighted by atomic mass is 19.3. The van der Waals surface area contributed by atoms with Crippen LogP contribution in [0.1, 0.15) is 79.2 Å². The second kappa shape index (κ2) is 10.3. The lowest BCUT2D eigenvalue weighted by Crippen LogP contribution is -2.28. The number of alkyl halides is 2. The predicted octanol–water partition coefficient (Wildman–Crippen LogP) is 6.87. The van der Waals surface area contributed by atoms with E-state index in [1.807, 2.05) is 19.1 Å². The summed E-state index contributed by atoms with van der Waals surface area (Å²) in [6, 6.07) is 14.4. The molecular formula is C27H27F3N4O. The first-order chi connectivity index (χ1) is 16.8. The van der Waals surface area contributed by atoms with Crippen molar-refractivity contribution in [2.45, 2.75) is 52.0 Å². The number of carbonyl (C=O) groups excluding carboxylic acids is 1. The van der Waals surface area contributed by atoms with E-state index >= 15 is 0 Å². The van der Waals surface area contributed by atoms with Crippen LogP contribution in [0.4, 0.5) is 13.2 Å². The van der Waals surface area contributed by atoms with Gasteiger partial charge in [0.15, 0.2) is 5.65 Å². The third kappa shape index (κ3) is 5.06. The van der Waals surface area contributed by atoms with Gasteiger partial charge in [0.1, 0.15) is 17.1 Å². The standard InChI is InChI=1S/C27H27F3N4O/c1-4-16(3)17-6-8-18(9-7-17)22(5-2)33-27(35)21-15-31-34-24(25(29)30)14-23(32-26(21)34)19-10-12-20(28)13-11-19/h6-16,22,25H,4-5H2,1-3H3,(H,33,35). The van der Waals surface area contributed by atoms with Crippen LogP contribution < -0.4 is 5.32 Å². The lowest BCUT2D eigenvalue weighted by atomic mass is 9.95. The zero-order chi connectivity index (χ0) is 25.1. The zero-order valence-corrected chi connectivity index (χ0v) is 19.8. The Labute approximate surface area is 202 Å². The molecule has 0 aliphatic carbocycles. The van der Waals surface area contributed by atoms with Crippen LogP contribution in [0.2, 0.25) is 0 Å². The Balaban J connectivity index is 1.68. The highest BCUT2D eigenvalue weighted by Crippen LogP contribution is 2.28. The minimum Gasteiger partial charge on any atom is -0.345 e. The van der Waals surface area contributed by atoms with E-state index in [9.17, 15) is 18.0 Å². The van der Waals surface area contributed by atoms with Crippen LogP contribution in [0.5, 0.6) is 0 Å². The Kier molecular flexibility index (Phi) is 7.19. The van der Waals surface area contributed by atoms with Crippen molar-refractivity contribution >= 4 is 11.6 Å². The molecular weight excluding hydrogens is 453 g/mol. The first kappa shape index (κ1) is 24.4. The van der Waals surface area contributed by atoms with Gasteiger partial charge in [0.25, 0.3) is 12.3 Å². The van der Waals surface area contributed by atoms with Crippen LogP contribution in [-0.2, 0) is 0 Å². The SMILES string of the molecule is CCC(C)c1ccc(C(CC)NC(=O)c2cnn3c(C(F)F)cc(-c4ccc(F)cc4)nc23)cc1. The maximum absolute atomic E-state index is 13.8. The van der Waals surface area contributed by atoms with Gasteiger partial charge >= 0.3 is 0 Å². The number of hydrogen-bond acceptors (Lipinski definition) is 3. The first-order valence-electron chi connectivity index (χ1n) is 11.7. The van der Waals surface area contributed by atoms with Crippen molar-refractivity contribution in [1.82, 2.24) is 19.9 Å². The minimum absolute atomic E-state index is 0.0154. The van der Waals surface area contributed by atoms with E-state index in [1.54, 1.807) is 0 Å². The van der Waals surface area contributed by atoms with Crippen LogP contribution in [-0.4, -0.2) is 20.5 Å². The number of nitrogens with zero attached hydrogens (tertiary/aromatic N) is 3. The summed E-state index contributed by atoms with van der Waals surface area (Å²) in [5.41, 5.74) is 2.55.